The smallest absolute Gasteiger partial charge is 0.312 e. The number of piperazine rings is 1. The summed E-state index contributed by atoms with van der Waals surface area (Å²) in [6.45, 7) is 10.2. The number of nitrogen functional groups attached to an aromatic ring is 1. The maximum atomic E-state index is 13.9. The van der Waals surface area contributed by atoms with Crippen molar-refractivity contribution >= 4 is 61.9 Å². The normalized spacial score (nSPS) is 20.8. The summed E-state index contributed by atoms with van der Waals surface area (Å²) >= 11 is 12.5. The lowest BCUT2D eigenvalue weighted by Gasteiger charge is -2.43. The van der Waals surface area contributed by atoms with Gasteiger partial charge in [-0.3, -0.25) is 24.7 Å². The number of nitrogens with one attached hydrogen (secondary N) is 1. The number of nitro groups is 1. The van der Waals surface area contributed by atoms with E-state index < -0.39 is 37.8 Å². The fourth-order valence-corrected chi connectivity index (χ4v) is 10.1. The molecule has 3 aliphatic heterocycles. The van der Waals surface area contributed by atoms with Crippen LogP contribution in [0.3, 0.4) is 0 Å². The minimum Gasteiger partial charge on any atom is -0.487 e. The van der Waals surface area contributed by atoms with Crippen LogP contribution in [0.5, 0.6) is 17.2 Å². The number of hydrogen-bond donors (Lipinski definition) is 2. The van der Waals surface area contributed by atoms with E-state index >= 15 is 0 Å². The molecule has 0 saturated carbocycles. The molecular formula is C46H52Cl2FN7O8S. The average molecular weight is 953 g/mol. The minimum atomic E-state index is -4.65. The first-order chi connectivity index (χ1) is 31.0. The lowest BCUT2D eigenvalue weighted by molar-refractivity contribution is -0.386. The summed E-state index contributed by atoms with van der Waals surface area (Å²) in [4.78, 5) is 35.5. The number of nitro benzene ring substituents is 1. The predicted molar refractivity (Wildman–Crippen MR) is 247 cm³/mol. The highest BCUT2D eigenvalue weighted by Crippen LogP contribution is 2.44. The van der Waals surface area contributed by atoms with Gasteiger partial charge in [-0.15, -0.1) is 0 Å². The van der Waals surface area contributed by atoms with Gasteiger partial charge in [-0.25, -0.2) is 22.5 Å². The third-order valence-corrected chi connectivity index (χ3v) is 14.7. The van der Waals surface area contributed by atoms with Crippen molar-refractivity contribution in [2.24, 2.45) is 11.3 Å². The van der Waals surface area contributed by atoms with Crippen molar-refractivity contribution in [3.8, 4) is 17.2 Å². The fourth-order valence-electron chi connectivity index (χ4n) is 8.84. The van der Waals surface area contributed by atoms with E-state index in [1.54, 1.807) is 12.1 Å². The van der Waals surface area contributed by atoms with E-state index in [-0.39, 0.29) is 57.6 Å². The van der Waals surface area contributed by atoms with E-state index in [0.717, 1.165) is 56.7 Å². The van der Waals surface area contributed by atoms with Gasteiger partial charge in [0.2, 0.25) is 6.36 Å². The van der Waals surface area contributed by atoms with Gasteiger partial charge in [-0.05, 0) is 104 Å². The van der Waals surface area contributed by atoms with Crippen molar-refractivity contribution in [2.75, 3.05) is 69.7 Å². The van der Waals surface area contributed by atoms with Crippen LogP contribution in [0, 0.1) is 21.4 Å². The third-order valence-electron chi connectivity index (χ3n) is 12.8. The SMILES string of the molecule is CC1(C)CCC(CN2CCN(c3ccc(C(=O)NS(=O)(=O)c4ccc(OCC5CCN(C6COC6F)CC5)c([N+](=O)[O-])c4)c(Oc4cnc(N)c(Cl)c4)c3)CC2)=C(c2ccc(Cl)cc2)C1. The molecule has 4 aromatic rings. The monoisotopic (exact) mass is 951 g/mol. The van der Waals surface area contributed by atoms with Gasteiger partial charge in [-0.1, -0.05) is 54.8 Å². The van der Waals surface area contributed by atoms with Crippen LogP contribution in [0.15, 0.2) is 83.4 Å². The average Bonchev–Trinajstić information content (AvgIpc) is 3.27. The number of benzene rings is 3. The largest absolute Gasteiger partial charge is 0.487 e. The highest BCUT2D eigenvalue weighted by Gasteiger charge is 2.39. The molecule has 2 atom stereocenters. The Hall–Kier alpha value is -5.04. The number of nitrogens with two attached hydrogens (primary N) is 1. The van der Waals surface area contributed by atoms with E-state index in [1.807, 2.05) is 17.0 Å². The van der Waals surface area contributed by atoms with Gasteiger partial charge in [0.25, 0.3) is 15.9 Å². The Bertz CT molecular complexity index is 2570. The molecule has 1 amide bonds. The van der Waals surface area contributed by atoms with E-state index in [0.29, 0.717) is 50.7 Å². The minimum absolute atomic E-state index is 0.0222. The van der Waals surface area contributed by atoms with Crippen LogP contribution < -0.4 is 24.8 Å². The summed E-state index contributed by atoms with van der Waals surface area (Å²) in [5.74, 6) is -0.832. The molecule has 4 aliphatic rings. The second-order valence-electron chi connectivity index (χ2n) is 17.9. The highest BCUT2D eigenvalue weighted by molar-refractivity contribution is 7.90. The number of hydrogen-bond acceptors (Lipinski definition) is 13. The molecule has 19 heteroatoms. The number of ether oxygens (including phenoxy) is 3. The van der Waals surface area contributed by atoms with E-state index in [1.165, 1.54) is 41.1 Å². The van der Waals surface area contributed by atoms with Gasteiger partial charge in [0.05, 0.1) is 45.9 Å². The Morgan fingerprint density at radius 1 is 1.02 bits per heavy atom. The number of aromatic nitrogens is 1. The highest BCUT2D eigenvalue weighted by atomic mass is 35.5. The van der Waals surface area contributed by atoms with Crippen LogP contribution in [0.1, 0.15) is 61.9 Å². The maximum absolute atomic E-state index is 13.9. The topological polar surface area (TPSA) is 183 Å². The van der Waals surface area contributed by atoms with Gasteiger partial charge in [0.1, 0.15) is 17.3 Å². The second-order valence-corrected chi connectivity index (χ2v) is 20.4. The van der Waals surface area contributed by atoms with E-state index in [4.69, 9.17) is 43.1 Å². The molecule has 15 nitrogen and oxygen atoms in total. The standard InChI is InChI=1S/C46H52Cl2FN7O8S/c1-46(2)14-11-31(37(24-46)30-3-5-32(47)6-4-30)26-53-17-19-54(20-18-53)33-7-9-36(42(21-33)64-34-22-38(48)44(50)51-25-34)45(57)52-65(60,61)35-8-10-41(39(23-35)56(58)59)62-27-29-12-15-55(16-13-29)40-28-63-43(40)49/h3-10,21-23,25,29,40,43H,11-20,24,26-28H2,1-2H3,(H2,50,51)(H,52,57). The lowest BCUT2D eigenvalue weighted by atomic mass is 9.72. The number of likely N-dealkylation sites (tertiary alicyclic amines) is 1. The summed E-state index contributed by atoms with van der Waals surface area (Å²) in [7, 11) is -4.65. The molecule has 0 radical (unpaired) electrons. The van der Waals surface area contributed by atoms with Crippen LogP contribution in [0.2, 0.25) is 10.0 Å². The van der Waals surface area contributed by atoms with Crippen LogP contribution >= 0.6 is 23.2 Å². The van der Waals surface area contributed by atoms with Crippen molar-refractivity contribution in [3.63, 3.8) is 0 Å². The quantitative estimate of drug-likeness (QED) is 0.0910. The van der Waals surface area contributed by atoms with Gasteiger partial charge < -0.3 is 24.8 Å². The Labute approximate surface area is 387 Å². The molecule has 8 rings (SSSR count). The molecule has 0 spiro atoms. The van der Waals surface area contributed by atoms with Crippen LogP contribution in [-0.4, -0.2) is 105 Å². The maximum Gasteiger partial charge on any atom is 0.312 e. The number of allylic oxidation sites excluding steroid dienone is 1. The number of alkyl halides is 1. The van der Waals surface area contributed by atoms with Crippen LogP contribution in [0.4, 0.5) is 21.6 Å². The molecule has 3 fully saturated rings. The van der Waals surface area contributed by atoms with Crippen molar-refractivity contribution in [2.45, 2.75) is 63.2 Å². The van der Waals surface area contributed by atoms with Crippen LogP contribution in [-0.2, 0) is 14.8 Å². The molecule has 2 unspecified atom stereocenters. The summed E-state index contributed by atoms with van der Waals surface area (Å²) in [5.41, 5.74) is 10.1. The summed E-state index contributed by atoms with van der Waals surface area (Å²) in [6.07, 6.45) is 4.58. The molecule has 3 aromatic carbocycles. The van der Waals surface area contributed by atoms with E-state index in [9.17, 15) is 27.7 Å². The Kier molecular flexibility index (Phi) is 13.9. The first-order valence-electron chi connectivity index (χ1n) is 21.7. The zero-order valence-corrected chi connectivity index (χ0v) is 38.5. The number of nitrogens with zero attached hydrogens (tertiary/aromatic N) is 5. The van der Waals surface area contributed by atoms with Gasteiger partial charge in [0.15, 0.2) is 5.75 Å². The Morgan fingerprint density at radius 2 is 1.75 bits per heavy atom. The molecule has 4 heterocycles. The number of pyridine rings is 1. The zero-order valence-electron chi connectivity index (χ0n) is 36.2. The molecule has 0 bridgehead atoms. The molecule has 3 saturated heterocycles. The van der Waals surface area contributed by atoms with Gasteiger partial charge >= 0.3 is 5.69 Å². The van der Waals surface area contributed by atoms with Gasteiger partial charge in [-0.2, -0.15) is 0 Å². The van der Waals surface area contributed by atoms with Crippen LogP contribution in [0.25, 0.3) is 5.57 Å². The zero-order chi connectivity index (χ0) is 46.0. The van der Waals surface area contributed by atoms with Gasteiger partial charge in [0, 0.05) is 61.6 Å². The number of carbonyl (C=O) groups excluding carboxylic acids is 1. The number of piperidine rings is 1. The van der Waals surface area contributed by atoms with Crippen molar-refractivity contribution < 1.29 is 36.7 Å². The number of carbonyl (C=O) groups is 1. The Balaban J connectivity index is 0.958. The molecule has 65 heavy (non-hydrogen) atoms. The molecule has 1 aliphatic carbocycles. The second kappa shape index (κ2) is 19.4. The Morgan fingerprint density at radius 3 is 2.42 bits per heavy atom. The number of sulfonamides is 1. The van der Waals surface area contributed by atoms with Crippen molar-refractivity contribution in [3.05, 3.63) is 110 Å². The summed E-state index contributed by atoms with van der Waals surface area (Å²) in [6, 6.07) is 17.3. The number of amides is 1. The number of rotatable bonds is 14. The first-order valence-corrected chi connectivity index (χ1v) is 23.9. The predicted octanol–water partition coefficient (Wildman–Crippen LogP) is 8.36. The lowest BCUT2D eigenvalue weighted by Crippen LogP contribution is -2.56. The number of halogens is 3. The molecule has 1 aromatic heterocycles. The fraction of sp³-hybridized carbons (Fsp3) is 0.435. The first kappa shape index (κ1) is 46.5. The van der Waals surface area contributed by atoms with Crippen molar-refractivity contribution in [1.29, 1.82) is 0 Å². The molecular weight excluding hydrogens is 901 g/mol. The molecule has 346 valence electrons. The molecule has 3 N–H and O–H groups in total. The number of anilines is 2. The van der Waals surface area contributed by atoms with Crippen molar-refractivity contribution in [1.82, 2.24) is 19.5 Å². The van der Waals surface area contributed by atoms with E-state index in [2.05, 4.69) is 45.5 Å². The summed E-state index contributed by atoms with van der Waals surface area (Å²) < 4.78 is 60.0. The third kappa shape index (κ3) is 11.0. The summed E-state index contributed by atoms with van der Waals surface area (Å²) in [5, 5.41) is 13.0.